The van der Waals surface area contributed by atoms with Gasteiger partial charge in [0.2, 0.25) is 0 Å². The van der Waals surface area contributed by atoms with Crippen LogP contribution in [0.15, 0.2) is 24.3 Å². The molecule has 2 amide bonds. The largest absolute Gasteiger partial charge is 0.364 e. The highest BCUT2D eigenvalue weighted by Crippen LogP contribution is 2.23. The summed E-state index contributed by atoms with van der Waals surface area (Å²) in [5, 5.41) is 6.79. The van der Waals surface area contributed by atoms with Crippen molar-refractivity contribution in [3.05, 3.63) is 46.8 Å². The van der Waals surface area contributed by atoms with Crippen LogP contribution in [0.2, 0.25) is 0 Å². The first kappa shape index (κ1) is 12.0. The lowest BCUT2D eigenvalue weighted by Crippen LogP contribution is -2.19. The zero-order chi connectivity index (χ0) is 14.3. The molecule has 0 unspecified atom stereocenters. The first-order chi connectivity index (χ1) is 9.61. The molecule has 2 aromatic rings. The lowest BCUT2D eigenvalue weighted by atomic mass is 10.2. The molecule has 0 aliphatic carbocycles. The molecular formula is C14H10N4O2. The lowest BCUT2D eigenvalue weighted by molar-refractivity contribution is 0.0953. The van der Waals surface area contributed by atoms with Gasteiger partial charge >= 0.3 is 0 Å². The standard InChI is InChI=1S/C14H10N4O2/c1-2-8-4-3-5-9(6-8)18-12-10(7-16-14(12)20)11(17-18)13(15)19/h1,3-6H,7H2,(H2,15,19)(H,16,20). The average molecular weight is 266 g/mol. The van der Waals surface area contributed by atoms with E-state index in [0.717, 1.165) is 0 Å². The molecule has 98 valence electrons. The molecule has 1 aromatic carbocycles. The van der Waals surface area contributed by atoms with Crippen molar-refractivity contribution in [3.8, 4) is 18.0 Å². The SMILES string of the molecule is C#Cc1cccc(-n2nc(C(N)=O)c3c2C(=O)NC3)c1. The van der Waals surface area contributed by atoms with Crippen molar-refractivity contribution in [2.75, 3.05) is 0 Å². The minimum atomic E-state index is -0.662. The molecule has 3 N–H and O–H groups in total. The van der Waals surface area contributed by atoms with Gasteiger partial charge in [-0.1, -0.05) is 12.0 Å². The van der Waals surface area contributed by atoms with E-state index >= 15 is 0 Å². The van der Waals surface area contributed by atoms with E-state index in [0.29, 0.717) is 22.5 Å². The van der Waals surface area contributed by atoms with Crippen molar-refractivity contribution in [2.24, 2.45) is 5.73 Å². The van der Waals surface area contributed by atoms with E-state index in [9.17, 15) is 9.59 Å². The number of fused-ring (bicyclic) bond motifs is 1. The Hall–Kier alpha value is -3.07. The number of hydrogen-bond donors (Lipinski definition) is 2. The summed E-state index contributed by atoms with van der Waals surface area (Å²) in [6.07, 6.45) is 5.36. The Labute approximate surface area is 114 Å². The van der Waals surface area contributed by atoms with Crippen molar-refractivity contribution < 1.29 is 9.59 Å². The Morgan fingerprint density at radius 2 is 2.30 bits per heavy atom. The summed E-state index contributed by atoms with van der Waals surface area (Å²) in [4.78, 5) is 23.3. The zero-order valence-corrected chi connectivity index (χ0v) is 10.4. The van der Waals surface area contributed by atoms with Crippen LogP contribution in [0.1, 0.15) is 32.1 Å². The van der Waals surface area contributed by atoms with Crippen molar-refractivity contribution in [1.82, 2.24) is 15.1 Å². The molecule has 1 aliphatic rings. The highest BCUT2D eigenvalue weighted by atomic mass is 16.2. The number of primary amides is 1. The van der Waals surface area contributed by atoms with E-state index < -0.39 is 5.91 Å². The van der Waals surface area contributed by atoms with E-state index in [-0.39, 0.29) is 18.1 Å². The number of nitrogens with one attached hydrogen (secondary N) is 1. The van der Waals surface area contributed by atoms with Crippen LogP contribution in [0.3, 0.4) is 0 Å². The summed E-state index contributed by atoms with van der Waals surface area (Å²) < 4.78 is 1.40. The van der Waals surface area contributed by atoms with Gasteiger partial charge in [-0.05, 0) is 18.2 Å². The molecule has 1 aliphatic heterocycles. The lowest BCUT2D eigenvalue weighted by Gasteiger charge is -2.05. The van der Waals surface area contributed by atoms with Gasteiger partial charge in [0.15, 0.2) is 5.69 Å². The maximum Gasteiger partial charge on any atom is 0.270 e. The smallest absolute Gasteiger partial charge is 0.270 e. The first-order valence-electron chi connectivity index (χ1n) is 5.88. The van der Waals surface area contributed by atoms with Gasteiger partial charge in [0, 0.05) is 17.7 Å². The Morgan fingerprint density at radius 1 is 1.50 bits per heavy atom. The van der Waals surface area contributed by atoms with Gasteiger partial charge < -0.3 is 11.1 Å². The normalized spacial score (nSPS) is 12.7. The molecule has 0 atom stereocenters. The van der Waals surface area contributed by atoms with Gasteiger partial charge in [-0.3, -0.25) is 9.59 Å². The Morgan fingerprint density at radius 3 is 3.00 bits per heavy atom. The van der Waals surface area contributed by atoms with Crippen LogP contribution < -0.4 is 11.1 Å². The highest BCUT2D eigenvalue weighted by Gasteiger charge is 2.31. The molecule has 6 nitrogen and oxygen atoms in total. The predicted octanol–water partition coefficient (Wildman–Crippen LogP) is 0.196. The fourth-order valence-electron chi connectivity index (χ4n) is 2.22. The summed E-state index contributed by atoms with van der Waals surface area (Å²) >= 11 is 0. The summed E-state index contributed by atoms with van der Waals surface area (Å²) in [6, 6.07) is 6.99. The van der Waals surface area contributed by atoms with E-state index in [4.69, 9.17) is 12.2 Å². The summed E-state index contributed by atoms with van der Waals surface area (Å²) in [6.45, 7) is 0.251. The number of aromatic nitrogens is 2. The number of amides is 2. The summed E-state index contributed by atoms with van der Waals surface area (Å²) in [7, 11) is 0. The Bertz CT molecular complexity index is 783. The van der Waals surface area contributed by atoms with Crippen LogP contribution in [0.25, 0.3) is 5.69 Å². The summed E-state index contributed by atoms with van der Waals surface area (Å²) in [5.74, 6) is 1.56. The number of carbonyl (C=O) groups excluding carboxylic acids is 2. The van der Waals surface area contributed by atoms with Crippen LogP contribution in [0, 0.1) is 12.3 Å². The Balaban J connectivity index is 2.24. The molecule has 0 spiro atoms. The minimum Gasteiger partial charge on any atom is -0.364 e. The second-order valence-electron chi connectivity index (χ2n) is 4.33. The van der Waals surface area contributed by atoms with Gasteiger partial charge in [-0.15, -0.1) is 6.42 Å². The van der Waals surface area contributed by atoms with Gasteiger partial charge in [0.1, 0.15) is 5.69 Å². The fourth-order valence-corrected chi connectivity index (χ4v) is 2.22. The molecular weight excluding hydrogens is 256 g/mol. The second kappa shape index (κ2) is 4.24. The summed E-state index contributed by atoms with van der Waals surface area (Å²) in [5.41, 5.74) is 7.51. The molecule has 0 radical (unpaired) electrons. The molecule has 3 rings (SSSR count). The fraction of sp³-hybridized carbons (Fsp3) is 0.0714. The maximum atomic E-state index is 11.9. The first-order valence-corrected chi connectivity index (χ1v) is 5.88. The van der Waals surface area contributed by atoms with Gasteiger partial charge in [0.25, 0.3) is 11.8 Å². The van der Waals surface area contributed by atoms with Crippen LogP contribution in [0.4, 0.5) is 0 Å². The van der Waals surface area contributed by atoms with Crippen LogP contribution in [-0.4, -0.2) is 21.6 Å². The van der Waals surface area contributed by atoms with Gasteiger partial charge in [-0.25, -0.2) is 4.68 Å². The molecule has 20 heavy (non-hydrogen) atoms. The zero-order valence-electron chi connectivity index (χ0n) is 10.4. The highest BCUT2D eigenvalue weighted by molar-refractivity contribution is 6.02. The number of rotatable bonds is 2. The Kier molecular flexibility index (Phi) is 2.54. The third-order valence-corrected chi connectivity index (χ3v) is 3.12. The van der Waals surface area contributed by atoms with E-state index in [1.807, 2.05) is 0 Å². The van der Waals surface area contributed by atoms with Crippen molar-refractivity contribution in [2.45, 2.75) is 6.54 Å². The van der Waals surface area contributed by atoms with Gasteiger partial charge in [0.05, 0.1) is 5.69 Å². The number of terminal acetylenes is 1. The molecule has 1 aromatic heterocycles. The van der Waals surface area contributed by atoms with Gasteiger partial charge in [-0.2, -0.15) is 5.10 Å². The third kappa shape index (κ3) is 1.65. The van der Waals surface area contributed by atoms with Crippen molar-refractivity contribution in [1.29, 1.82) is 0 Å². The minimum absolute atomic E-state index is 0.101. The molecule has 6 heteroatoms. The number of carbonyl (C=O) groups is 2. The molecule has 0 fully saturated rings. The number of nitrogens with zero attached hydrogens (tertiary/aromatic N) is 2. The van der Waals surface area contributed by atoms with Crippen LogP contribution >= 0.6 is 0 Å². The molecule has 0 saturated carbocycles. The third-order valence-electron chi connectivity index (χ3n) is 3.12. The maximum absolute atomic E-state index is 11.9. The van der Waals surface area contributed by atoms with E-state index in [1.54, 1.807) is 24.3 Å². The van der Waals surface area contributed by atoms with E-state index in [1.165, 1.54) is 4.68 Å². The molecule has 0 bridgehead atoms. The monoisotopic (exact) mass is 266 g/mol. The predicted molar refractivity (Wildman–Crippen MR) is 71.2 cm³/mol. The van der Waals surface area contributed by atoms with E-state index in [2.05, 4.69) is 16.3 Å². The quantitative estimate of drug-likeness (QED) is 0.761. The molecule has 2 heterocycles. The number of hydrogen-bond acceptors (Lipinski definition) is 3. The number of benzene rings is 1. The van der Waals surface area contributed by atoms with Crippen LogP contribution in [0.5, 0.6) is 0 Å². The average Bonchev–Trinajstić information content (AvgIpc) is 3.00. The molecule has 0 saturated heterocycles. The van der Waals surface area contributed by atoms with Crippen LogP contribution in [-0.2, 0) is 6.54 Å². The van der Waals surface area contributed by atoms with Crippen molar-refractivity contribution >= 4 is 11.8 Å². The topological polar surface area (TPSA) is 90.0 Å². The second-order valence-corrected chi connectivity index (χ2v) is 4.33. The van der Waals surface area contributed by atoms with Crippen molar-refractivity contribution in [3.63, 3.8) is 0 Å². The number of nitrogens with two attached hydrogens (primary N) is 1.